The largest absolute Gasteiger partial charge is 0.340 e. The summed E-state index contributed by atoms with van der Waals surface area (Å²) in [5.74, 6) is -0.596. The zero-order valence-corrected chi connectivity index (χ0v) is 17.9. The molecule has 3 N–H and O–H groups in total. The van der Waals surface area contributed by atoms with Gasteiger partial charge in [-0.05, 0) is 26.3 Å². The van der Waals surface area contributed by atoms with Crippen LogP contribution in [0.5, 0.6) is 0 Å². The fourth-order valence-electron chi connectivity index (χ4n) is 3.95. The van der Waals surface area contributed by atoms with Crippen molar-refractivity contribution < 1.29 is 19.2 Å². The van der Waals surface area contributed by atoms with Crippen molar-refractivity contribution in [2.75, 3.05) is 13.1 Å². The number of amides is 6. The van der Waals surface area contributed by atoms with E-state index in [1.54, 1.807) is 47.0 Å². The van der Waals surface area contributed by atoms with E-state index >= 15 is 0 Å². The Morgan fingerprint density at radius 2 is 1.93 bits per heavy atom. The van der Waals surface area contributed by atoms with Crippen molar-refractivity contribution in [2.24, 2.45) is 0 Å². The summed E-state index contributed by atoms with van der Waals surface area (Å²) < 4.78 is -0.101. The van der Waals surface area contributed by atoms with Crippen molar-refractivity contribution in [1.82, 2.24) is 25.8 Å². The number of carbonyl (C=O) groups excluding carboxylic acids is 4. The number of hydrogen-bond donors (Lipinski definition) is 3. The minimum atomic E-state index is -1.02. The molecule has 0 bridgehead atoms. The van der Waals surface area contributed by atoms with Gasteiger partial charge in [0.1, 0.15) is 17.5 Å². The topological polar surface area (TPSA) is 111 Å². The van der Waals surface area contributed by atoms with E-state index < -0.39 is 30.1 Å². The summed E-state index contributed by atoms with van der Waals surface area (Å²) in [4.78, 5) is 53.0. The monoisotopic (exact) mass is 431 g/mol. The van der Waals surface area contributed by atoms with Crippen molar-refractivity contribution in [3.05, 3.63) is 35.9 Å². The number of fused-ring (bicyclic) bond motifs is 1. The normalized spacial score (nSPS) is 27.8. The molecule has 160 valence electrons. The molecule has 1 aromatic rings. The number of nitrogens with zero attached hydrogens (tertiary/aromatic N) is 2. The highest BCUT2D eigenvalue weighted by atomic mass is 32.2. The summed E-state index contributed by atoms with van der Waals surface area (Å²) in [7, 11) is 0. The molecule has 3 fully saturated rings. The zero-order chi connectivity index (χ0) is 21.6. The number of nitrogens with one attached hydrogen (secondary N) is 3. The first kappa shape index (κ1) is 20.5. The smallest absolute Gasteiger partial charge is 0.326 e. The van der Waals surface area contributed by atoms with Crippen LogP contribution in [-0.4, -0.2) is 69.0 Å². The molecule has 1 aromatic carbocycles. The SMILES string of the molecule is CC1N2C(=O)C(NC(=O)C(NC(=O)N3CCNC3=O)c3ccccc3)C2SC1(C)C. The maximum Gasteiger partial charge on any atom is 0.326 e. The molecule has 4 rings (SSSR count). The lowest BCUT2D eigenvalue weighted by atomic mass is 9.97. The van der Waals surface area contributed by atoms with Gasteiger partial charge in [-0.1, -0.05) is 30.3 Å². The second kappa shape index (κ2) is 7.50. The summed E-state index contributed by atoms with van der Waals surface area (Å²) >= 11 is 1.66. The van der Waals surface area contributed by atoms with Gasteiger partial charge in [-0.15, -0.1) is 11.8 Å². The Balaban J connectivity index is 1.50. The Bertz CT molecular complexity index is 892. The van der Waals surface area contributed by atoms with Crippen LogP contribution in [0.15, 0.2) is 30.3 Å². The maximum absolute atomic E-state index is 13.1. The number of β-lactam (4-membered cyclic amide) rings is 1. The Labute approximate surface area is 178 Å². The van der Waals surface area contributed by atoms with Gasteiger partial charge in [-0.2, -0.15) is 0 Å². The second-order valence-corrected chi connectivity index (χ2v) is 9.97. The van der Waals surface area contributed by atoms with Crippen molar-refractivity contribution in [3.63, 3.8) is 0 Å². The molecule has 3 saturated heterocycles. The van der Waals surface area contributed by atoms with Gasteiger partial charge in [0, 0.05) is 23.9 Å². The maximum atomic E-state index is 13.1. The minimum absolute atomic E-state index is 0.0754. The fourth-order valence-corrected chi connectivity index (χ4v) is 5.60. The van der Waals surface area contributed by atoms with Gasteiger partial charge in [-0.3, -0.25) is 9.59 Å². The Morgan fingerprint density at radius 1 is 1.23 bits per heavy atom. The van der Waals surface area contributed by atoms with Crippen LogP contribution in [0.3, 0.4) is 0 Å². The molecule has 4 atom stereocenters. The molecular formula is C20H25N5O4S. The zero-order valence-electron chi connectivity index (χ0n) is 17.0. The third-order valence-corrected chi connectivity index (χ3v) is 7.68. The van der Waals surface area contributed by atoms with E-state index in [0.29, 0.717) is 12.1 Å². The minimum Gasteiger partial charge on any atom is -0.340 e. The van der Waals surface area contributed by atoms with E-state index in [-0.39, 0.29) is 28.6 Å². The van der Waals surface area contributed by atoms with E-state index in [1.807, 2.05) is 6.92 Å². The van der Waals surface area contributed by atoms with Gasteiger partial charge in [0.05, 0.1) is 0 Å². The number of hydrogen-bond acceptors (Lipinski definition) is 5. The third-order valence-electron chi connectivity index (χ3n) is 5.99. The molecule has 0 spiro atoms. The summed E-state index contributed by atoms with van der Waals surface area (Å²) in [6, 6.07) is 6.04. The van der Waals surface area contributed by atoms with Crippen molar-refractivity contribution in [2.45, 2.75) is 49.0 Å². The third kappa shape index (κ3) is 3.38. The highest BCUT2D eigenvalue weighted by molar-refractivity contribution is 8.01. The molecule has 10 heteroatoms. The first-order chi connectivity index (χ1) is 14.2. The molecule has 3 heterocycles. The molecule has 3 aliphatic heterocycles. The van der Waals surface area contributed by atoms with Crippen LogP contribution in [0.2, 0.25) is 0 Å². The molecule has 9 nitrogen and oxygen atoms in total. The fraction of sp³-hybridized carbons (Fsp3) is 0.500. The summed E-state index contributed by atoms with van der Waals surface area (Å²) in [5.41, 5.74) is 0.569. The molecule has 30 heavy (non-hydrogen) atoms. The lowest BCUT2D eigenvalue weighted by Gasteiger charge is -2.44. The van der Waals surface area contributed by atoms with Gasteiger partial charge in [0.25, 0.3) is 0 Å². The average molecular weight is 432 g/mol. The van der Waals surface area contributed by atoms with Crippen LogP contribution in [0, 0.1) is 0 Å². The number of carbonyl (C=O) groups is 4. The molecule has 0 aromatic heterocycles. The van der Waals surface area contributed by atoms with E-state index in [2.05, 4.69) is 29.8 Å². The summed E-state index contributed by atoms with van der Waals surface area (Å²) in [6.45, 7) is 6.78. The average Bonchev–Trinajstić information content (AvgIpc) is 3.24. The number of imide groups is 1. The first-order valence-corrected chi connectivity index (χ1v) is 10.8. The van der Waals surface area contributed by atoms with E-state index in [9.17, 15) is 19.2 Å². The molecular weight excluding hydrogens is 406 g/mol. The Morgan fingerprint density at radius 3 is 2.57 bits per heavy atom. The van der Waals surface area contributed by atoms with Crippen molar-refractivity contribution in [1.29, 1.82) is 0 Å². The van der Waals surface area contributed by atoms with Gasteiger partial charge in [0.15, 0.2) is 0 Å². The number of benzene rings is 1. The highest BCUT2D eigenvalue weighted by Crippen LogP contribution is 2.50. The van der Waals surface area contributed by atoms with Gasteiger partial charge >= 0.3 is 12.1 Å². The summed E-state index contributed by atoms with van der Waals surface area (Å²) in [5, 5.41) is 7.89. The van der Waals surface area contributed by atoms with E-state index in [0.717, 1.165) is 4.90 Å². The molecule has 0 radical (unpaired) electrons. The highest BCUT2D eigenvalue weighted by Gasteiger charge is 2.60. The molecule has 6 amide bonds. The first-order valence-electron chi connectivity index (χ1n) is 9.92. The lowest BCUT2D eigenvalue weighted by Crippen LogP contribution is -2.69. The van der Waals surface area contributed by atoms with Crippen LogP contribution in [0.4, 0.5) is 9.59 Å². The Kier molecular flexibility index (Phi) is 5.13. The molecule has 0 saturated carbocycles. The standard InChI is InChI=1S/C20H25N5O4S/c1-11-20(2,3)30-17-14(16(27)25(11)17)22-15(26)13(12-7-5-4-6-8-12)23-19(29)24-10-9-21-18(24)28/h4-8,11,13-14,17H,9-10H2,1-3H3,(H,21,28)(H,22,26)(H,23,29). The van der Waals surface area contributed by atoms with Crippen LogP contribution in [0.25, 0.3) is 0 Å². The van der Waals surface area contributed by atoms with Crippen LogP contribution >= 0.6 is 11.8 Å². The van der Waals surface area contributed by atoms with E-state index in [1.165, 1.54) is 0 Å². The van der Waals surface area contributed by atoms with Gasteiger partial charge < -0.3 is 20.9 Å². The lowest BCUT2D eigenvalue weighted by molar-refractivity contribution is -0.151. The molecule has 4 unspecified atom stereocenters. The van der Waals surface area contributed by atoms with Crippen LogP contribution < -0.4 is 16.0 Å². The molecule has 0 aliphatic carbocycles. The quantitative estimate of drug-likeness (QED) is 0.617. The Hall–Kier alpha value is -2.75. The predicted molar refractivity (Wildman–Crippen MR) is 112 cm³/mol. The number of rotatable bonds is 4. The van der Waals surface area contributed by atoms with Crippen molar-refractivity contribution >= 4 is 35.6 Å². The summed E-state index contributed by atoms with van der Waals surface area (Å²) in [6.07, 6.45) is 0. The number of thioether (sulfide) groups is 1. The van der Waals surface area contributed by atoms with Gasteiger partial charge in [-0.25, -0.2) is 14.5 Å². The predicted octanol–water partition coefficient (Wildman–Crippen LogP) is 1.03. The van der Waals surface area contributed by atoms with Crippen LogP contribution in [0.1, 0.15) is 32.4 Å². The van der Waals surface area contributed by atoms with E-state index in [4.69, 9.17) is 0 Å². The second-order valence-electron chi connectivity index (χ2n) is 8.20. The molecule has 3 aliphatic rings. The number of urea groups is 2. The van der Waals surface area contributed by atoms with Gasteiger partial charge in [0.2, 0.25) is 11.8 Å². The van der Waals surface area contributed by atoms with Crippen LogP contribution in [-0.2, 0) is 9.59 Å². The van der Waals surface area contributed by atoms with Crippen molar-refractivity contribution in [3.8, 4) is 0 Å².